The molecule has 5 rings (SSSR count). The zero-order valence-corrected chi connectivity index (χ0v) is 20.4. The molecule has 0 saturated heterocycles. The molecule has 178 valence electrons. The highest BCUT2D eigenvalue weighted by Gasteiger charge is 2.23. The zero-order valence-electron chi connectivity index (χ0n) is 18.9. The summed E-state index contributed by atoms with van der Waals surface area (Å²) < 4.78 is 33.6. The van der Waals surface area contributed by atoms with Crippen molar-refractivity contribution in [2.45, 2.75) is 31.8 Å². The van der Waals surface area contributed by atoms with E-state index in [-0.39, 0.29) is 10.6 Å². The average Bonchev–Trinajstić information content (AvgIpc) is 3.62. The van der Waals surface area contributed by atoms with E-state index in [4.69, 9.17) is 16.3 Å². The fraction of sp³-hybridized carbons (Fsp3) is 0.179. The molecule has 1 atom stereocenters. The number of hydrogen-bond donors (Lipinski definition) is 1. The van der Waals surface area contributed by atoms with Gasteiger partial charge in [-0.05, 0) is 60.1 Å². The highest BCUT2D eigenvalue weighted by Crippen LogP contribution is 2.41. The molecule has 35 heavy (non-hydrogen) atoms. The lowest BCUT2D eigenvalue weighted by Crippen LogP contribution is -2.16. The maximum absolute atomic E-state index is 14.2. The Morgan fingerprint density at radius 2 is 1.60 bits per heavy atom. The highest BCUT2D eigenvalue weighted by molar-refractivity contribution is 7.14. The molecule has 1 N–H and O–H groups in total. The van der Waals surface area contributed by atoms with Crippen molar-refractivity contribution >= 4 is 34.7 Å². The van der Waals surface area contributed by atoms with Gasteiger partial charge in [-0.15, -0.1) is 11.3 Å². The first kappa shape index (κ1) is 23.5. The second kappa shape index (κ2) is 9.80. The molecule has 3 nitrogen and oxygen atoms in total. The monoisotopic (exact) mass is 509 g/mol. The Balaban J connectivity index is 1.29. The van der Waals surface area contributed by atoms with E-state index in [1.165, 1.54) is 36.6 Å². The maximum Gasteiger partial charge on any atom is 0.412 e. The van der Waals surface area contributed by atoms with Gasteiger partial charge in [0.2, 0.25) is 0 Å². The van der Waals surface area contributed by atoms with Gasteiger partial charge in [-0.1, -0.05) is 66.2 Å². The summed E-state index contributed by atoms with van der Waals surface area (Å²) in [5.74, 6) is 0.147. The van der Waals surface area contributed by atoms with Gasteiger partial charge in [0.15, 0.2) is 5.13 Å². The topological polar surface area (TPSA) is 38.3 Å². The number of thiophene rings is 1. The van der Waals surface area contributed by atoms with Gasteiger partial charge in [-0.25, -0.2) is 9.18 Å². The molecule has 0 aliphatic heterocycles. The first-order chi connectivity index (χ1) is 16.9. The summed E-state index contributed by atoms with van der Waals surface area (Å²) in [6.07, 6.45) is 0.876. The summed E-state index contributed by atoms with van der Waals surface area (Å²) in [5, 5.41) is 2.41. The Morgan fingerprint density at radius 1 is 0.971 bits per heavy atom. The van der Waals surface area contributed by atoms with Crippen LogP contribution in [-0.2, 0) is 4.74 Å². The molecular weight excluding hydrogens is 488 g/mol. The Bertz CT molecular complexity index is 1360. The summed E-state index contributed by atoms with van der Waals surface area (Å²) in [6, 6.07) is 21.8. The van der Waals surface area contributed by atoms with Crippen LogP contribution in [0.5, 0.6) is 0 Å². The van der Waals surface area contributed by atoms with Gasteiger partial charge in [0.25, 0.3) is 0 Å². The summed E-state index contributed by atoms with van der Waals surface area (Å²) in [4.78, 5) is 13.1. The van der Waals surface area contributed by atoms with Gasteiger partial charge in [-0.3, -0.25) is 5.32 Å². The Morgan fingerprint density at radius 3 is 2.23 bits per heavy atom. The van der Waals surface area contributed by atoms with Crippen molar-refractivity contribution in [3.8, 4) is 21.6 Å². The summed E-state index contributed by atoms with van der Waals surface area (Å²) >= 11 is 6.71. The van der Waals surface area contributed by atoms with Crippen molar-refractivity contribution in [3.05, 3.63) is 99.9 Å². The average molecular weight is 510 g/mol. The van der Waals surface area contributed by atoms with Crippen LogP contribution in [0, 0.1) is 10.9 Å². The first-order valence-corrected chi connectivity index (χ1v) is 12.5. The molecule has 1 amide bonds. The van der Waals surface area contributed by atoms with Crippen LogP contribution in [0.2, 0.25) is 5.02 Å². The quantitative estimate of drug-likeness (QED) is 0.281. The Kier molecular flexibility index (Phi) is 6.58. The van der Waals surface area contributed by atoms with Crippen molar-refractivity contribution in [1.29, 1.82) is 0 Å². The van der Waals surface area contributed by atoms with Crippen LogP contribution in [0.15, 0.2) is 72.8 Å². The largest absolute Gasteiger partial charge is 0.441 e. The van der Waals surface area contributed by atoms with Gasteiger partial charge in [0, 0.05) is 16.7 Å². The van der Waals surface area contributed by atoms with Gasteiger partial charge in [-0.2, -0.15) is 4.39 Å². The van der Waals surface area contributed by atoms with E-state index in [1.807, 2.05) is 24.3 Å². The first-order valence-electron chi connectivity index (χ1n) is 11.3. The van der Waals surface area contributed by atoms with Crippen LogP contribution < -0.4 is 5.32 Å². The number of benzene rings is 3. The Labute approximate surface area is 211 Å². The molecule has 1 aliphatic carbocycles. The molecule has 3 aromatic carbocycles. The van der Waals surface area contributed by atoms with E-state index in [9.17, 15) is 13.6 Å². The number of amides is 1. The standard InChI is InChI=1S/C28H22ClF2NO2S/c1-16(23-13-12-22(29)14-24(23)30)34-28(33)32-25-15-26(31)35-27(25)21-10-8-20(9-11-21)19-6-4-18(5-7-19)17-2-3-17/h4-17H,2-3H2,1H3,(H,32,33). The normalized spacial score (nSPS) is 13.9. The van der Waals surface area contributed by atoms with E-state index in [2.05, 4.69) is 29.6 Å². The number of nitrogens with one attached hydrogen (secondary N) is 1. The minimum absolute atomic E-state index is 0.196. The second-order valence-electron chi connectivity index (χ2n) is 8.61. The van der Waals surface area contributed by atoms with E-state index in [1.54, 1.807) is 6.92 Å². The fourth-order valence-corrected chi connectivity index (χ4v) is 5.05. The number of carbonyl (C=O) groups is 1. The van der Waals surface area contributed by atoms with E-state index in [0.717, 1.165) is 34.1 Å². The van der Waals surface area contributed by atoms with Crippen molar-refractivity contribution in [2.24, 2.45) is 0 Å². The minimum atomic E-state index is -0.857. The van der Waals surface area contributed by atoms with Crippen molar-refractivity contribution in [1.82, 2.24) is 0 Å². The lowest BCUT2D eigenvalue weighted by Gasteiger charge is -2.15. The molecule has 1 aromatic heterocycles. The second-order valence-corrected chi connectivity index (χ2v) is 10.0. The third kappa shape index (κ3) is 5.39. The number of anilines is 1. The molecule has 4 aromatic rings. The SMILES string of the molecule is CC(OC(=O)Nc1cc(F)sc1-c1ccc(-c2ccc(C3CC3)cc2)cc1)c1ccc(Cl)cc1F. The molecule has 1 heterocycles. The molecule has 1 aliphatic rings. The number of halogens is 3. The molecule has 0 bridgehead atoms. The van der Waals surface area contributed by atoms with E-state index < -0.39 is 23.1 Å². The molecule has 1 unspecified atom stereocenters. The van der Waals surface area contributed by atoms with Crippen LogP contribution >= 0.6 is 22.9 Å². The lowest BCUT2D eigenvalue weighted by molar-refractivity contribution is 0.119. The molecule has 7 heteroatoms. The minimum Gasteiger partial charge on any atom is -0.441 e. The molecule has 0 radical (unpaired) electrons. The number of hydrogen-bond acceptors (Lipinski definition) is 3. The van der Waals surface area contributed by atoms with E-state index >= 15 is 0 Å². The third-order valence-corrected chi connectivity index (χ3v) is 7.27. The van der Waals surface area contributed by atoms with Gasteiger partial charge >= 0.3 is 6.09 Å². The third-order valence-electron chi connectivity index (χ3n) is 6.06. The van der Waals surface area contributed by atoms with Crippen molar-refractivity contribution in [3.63, 3.8) is 0 Å². The van der Waals surface area contributed by atoms with Crippen LogP contribution in [0.1, 0.15) is 42.9 Å². The molecular formula is C28H22ClF2NO2S. The lowest BCUT2D eigenvalue weighted by atomic mass is 10.0. The van der Waals surface area contributed by atoms with Gasteiger partial charge in [0.1, 0.15) is 11.9 Å². The van der Waals surface area contributed by atoms with Crippen LogP contribution in [0.4, 0.5) is 19.3 Å². The summed E-state index contributed by atoms with van der Waals surface area (Å²) in [7, 11) is 0. The van der Waals surface area contributed by atoms with Gasteiger partial charge in [0.05, 0.1) is 10.6 Å². The number of carbonyl (C=O) groups excluding carboxylic acids is 1. The number of ether oxygens (including phenoxy) is 1. The predicted molar refractivity (Wildman–Crippen MR) is 137 cm³/mol. The van der Waals surface area contributed by atoms with Crippen molar-refractivity contribution < 1.29 is 18.3 Å². The predicted octanol–water partition coefficient (Wildman–Crippen LogP) is 9.20. The number of rotatable bonds is 6. The van der Waals surface area contributed by atoms with E-state index in [0.29, 0.717) is 16.5 Å². The zero-order chi connectivity index (χ0) is 24.5. The van der Waals surface area contributed by atoms with Crippen LogP contribution in [0.3, 0.4) is 0 Å². The smallest absolute Gasteiger partial charge is 0.412 e. The van der Waals surface area contributed by atoms with Crippen molar-refractivity contribution in [2.75, 3.05) is 5.32 Å². The highest BCUT2D eigenvalue weighted by atomic mass is 35.5. The summed E-state index contributed by atoms with van der Waals surface area (Å²) in [5.41, 5.74) is 4.81. The molecule has 0 spiro atoms. The molecule has 1 fully saturated rings. The maximum atomic E-state index is 14.2. The molecule has 1 saturated carbocycles. The fourth-order valence-electron chi connectivity index (χ4n) is 4.04. The van der Waals surface area contributed by atoms with Crippen LogP contribution in [-0.4, -0.2) is 6.09 Å². The van der Waals surface area contributed by atoms with Crippen LogP contribution in [0.25, 0.3) is 21.6 Å². The van der Waals surface area contributed by atoms with Gasteiger partial charge < -0.3 is 4.74 Å². The summed E-state index contributed by atoms with van der Waals surface area (Å²) in [6.45, 7) is 1.55. The Hall–Kier alpha value is -3.22.